The molecule has 0 aromatic heterocycles. The summed E-state index contributed by atoms with van der Waals surface area (Å²) in [4.78, 5) is 14.1. The molecule has 1 unspecified atom stereocenters. The van der Waals surface area contributed by atoms with Crippen molar-refractivity contribution in [2.45, 2.75) is 18.9 Å². The zero-order valence-electron chi connectivity index (χ0n) is 11.3. The highest BCUT2D eigenvalue weighted by Crippen LogP contribution is 2.21. The number of nitrogen functional groups attached to an aromatic ring is 1. The summed E-state index contributed by atoms with van der Waals surface area (Å²) in [6.45, 7) is 0.812. The maximum absolute atomic E-state index is 11.8. The van der Waals surface area contributed by atoms with Gasteiger partial charge in [0.1, 0.15) is 0 Å². The van der Waals surface area contributed by atoms with Crippen molar-refractivity contribution in [3.8, 4) is 0 Å². The van der Waals surface area contributed by atoms with E-state index in [1.54, 1.807) is 12.1 Å². The minimum absolute atomic E-state index is 0.0577. The van der Waals surface area contributed by atoms with Gasteiger partial charge in [-0.15, -0.1) is 0 Å². The summed E-state index contributed by atoms with van der Waals surface area (Å²) in [6, 6.07) is 7.86. The number of nitrogens with one attached hydrogen (secondary N) is 1. The zero-order valence-corrected chi connectivity index (χ0v) is 12.1. The van der Waals surface area contributed by atoms with Crippen LogP contribution in [0.3, 0.4) is 0 Å². The van der Waals surface area contributed by atoms with E-state index in [9.17, 15) is 4.79 Å². The first-order valence-corrected chi connectivity index (χ1v) is 7.74. The van der Waals surface area contributed by atoms with E-state index in [0.29, 0.717) is 18.2 Å². The van der Waals surface area contributed by atoms with Crippen molar-refractivity contribution in [1.29, 1.82) is 0 Å². The number of benzene rings is 1. The van der Waals surface area contributed by atoms with Gasteiger partial charge >= 0.3 is 0 Å². The van der Waals surface area contributed by atoms with Crippen molar-refractivity contribution in [2.24, 2.45) is 0 Å². The Hall–Kier alpha value is -1.20. The van der Waals surface area contributed by atoms with Gasteiger partial charge in [0.15, 0.2) is 0 Å². The summed E-state index contributed by atoms with van der Waals surface area (Å²) in [6.07, 6.45) is 1.77. The molecular weight excluding hydrogens is 258 g/mol. The molecule has 0 saturated carbocycles. The third-order valence-electron chi connectivity index (χ3n) is 3.42. The van der Waals surface area contributed by atoms with E-state index in [1.165, 1.54) is 17.9 Å². The molecule has 0 aliphatic carbocycles. The lowest BCUT2D eigenvalue weighted by Crippen LogP contribution is -2.34. The Morgan fingerprint density at radius 1 is 1.47 bits per heavy atom. The summed E-state index contributed by atoms with van der Waals surface area (Å²) in [5, 5.41) is 2.89. The van der Waals surface area contributed by atoms with Gasteiger partial charge in [-0.2, -0.15) is 11.8 Å². The summed E-state index contributed by atoms with van der Waals surface area (Å²) >= 11 is 1.99. The molecule has 0 spiro atoms. The first-order valence-electron chi connectivity index (χ1n) is 6.58. The van der Waals surface area contributed by atoms with Gasteiger partial charge in [-0.3, -0.25) is 4.79 Å². The molecule has 0 radical (unpaired) electrons. The van der Waals surface area contributed by atoms with Gasteiger partial charge in [0.25, 0.3) is 0 Å². The van der Waals surface area contributed by atoms with Crippen LogP contribution in [0.5, 0.6) is 0 Å². The molecule has 2 rings (SSSR count). The lowest BCUT2D eigenvalue weighted by atomic mass is 10.2. The minimum Gasteiger partial charge on any atom is -0.399 e. The molecule has 4 nitrogen and oxygen atoms in total. The summed E-state index contributed by atoms with van der Waals surface area (Å²) in [5.41, 5.74) is 7.11. The van der Waals surface area contributed by atoms with Crippen LogP contribution in [-0.4, -0.2) is 41.9 Å². The smallest absolute Gasteiger partial charge is 0.225 e. The monoisotopic (exact) mass is 279 g/mol. The number of hydrogen-bond acceptors (Lipinski definition) is 4. The first kappa shape index (κ1) is 14.2. The third kappa shape index (κ3) is 4.44. The molecule has 0 bridgehead atoms. The fraction of sp³-hybridized carbons (Fsp3) is 0.500. The number of hydrogen-bond donors (Lipinski definition) is 2. The van der Waals surface area contributed by atoms with Crippen molar-refractivity contribution in [3.63, 3.8) is 0 Å². The Morgan fingerprint density at radius 3 is 2.84 bits per heavy atom. The lowest BCUT2D eigenvalue weighted by Gasteiger charge is -2.22. The third-order valence-corrected chi connectivity index (χ3v) is 4.56. The van der Waals surface area contributed by atoms with E-state index in [0.717, 1.165) is 12.2 Å². The van der Waals surface area contributed by atoms with Crippen LogP contribution in [0.25, 0.3) is 0 Å². The Balaban J connectivity index is 1.73. The summed E-state index contributed by atoms with van der Waals surface area (Å²) < 4.78 is 0. The van der Waals surface area contributed by atoms with Crippen LogP contribution in [0.1, 0.15) is 12.8 Å². The average molecular weight is 279 g/mol. The maximum atomic E-state index is 11.8. The Labute approximate surface area is 118 Å². The Kier molecular flexibility index (Phi) is 5.10. The SMILES string of the molecule is CN(CCC(=O)Nc1ccc(N)cc1)C1CCSC1. The van der Waals surface area contributed by atoms with Crippen LogP contribution in [0.15, 0.2) is 24.3 Å². The van der Waals surface area contributed by atoms with Gasteiger partial charge in [-0.05, 0) is 43.5 Å². The van der Waals surface area contributed by atoms with Crippen LogP contribution in [-0.2, 0) is 4.79 Å². The van der Waals surface area contributed by atoms with Crippen molar-refractivity contribution in [3.05, 3.63) is 24.3 Å². The number of nitrogens with zero attached hydrogens (tertiary/aromatic N) is 1. The second kappa shape index (κ2) is 6.82. The Morgan fingerprint density at radius 2 is 2.21 bits per heavy atom. The molecule has 5 heteroatoms. The average Bonchev–Trinajstić information content (AvgIpc) is 2.93. The molecule has 19 heavy (non-hydrogen) atoms. The maximum Gasteiger partial charge on any atom is 0.225 e. The minimum atomic E-state index is 0.0577. The van der Waals surface area contributed by atoms with E-state index >= 15 is 0 Å². The molecule has 1 aromatic carbocycles. The number of nitrogens with two attached hydrogens (primary N) is 1. The molecule has 1 aromatic rings. The van der Waals surface area contributed by atoms with Crippen LogP contribution in [0, 0.1) is 0 Å². The molecule has 1 aliphatic rings. The lowest BCUT2D eigenvalue weighted by molar-refractivity contribution is -0.116. The van der Waals surface area contributed by atoms with E-state index < -0.39 is 0 Å². The van der Waals surface area contributed by atoms with Gasteiger partial charge in [0.2, 0.25) is 5.91 Å². The van der Waals surface area contributed by atoms with Gasteiger partial charge in [-0.1, -0.05) is 0 Å². The van der Waals surface area contributed by atoms with E-state index in [1.807, 2.05) is 23.9 Å². The van der Waals surface area contributed by atoms with E-state index in [-0.39, 0.29) is 5.91 Å². The van der Waals surface area contributed by atoms with Gasteiger partial charge in [-0.25, -0.2) is 0 Å². The number of anilines is 2. The quantitative estimate of drug-likeness (QED) is 0.810. The molecule has 1 atom stereocenters. The van der Waals surface area contributed by atoms with Crippen LogP contribution in [0.4, 0.5) is 11.4 Å². The highest BCUT2D eigenvalue weighted by atomic mass is 32.2. The molecular formula is C14H21N3OS. The second-order valence-electron chi connectivity index (χ2n) is 4.92. The molecule has 3 N–H and O–H groups in total. The van der Waals surface area contributed by atoms with Crippen molar-refractivity contribution >= 4 is 29.0 Å². The van der Waals surface area contributed by atoms with Crippen molar-refractivity contribution in [2.75, 3.05) is 36.1 Å². The number of amides is 1. The van der Waals surface area contributed by atoms with Crippen molar-refractivity contribution in [1.82, 2.24) is 4.90 Å². The number of thioether (sulfide) groups is 1. The van der Waals surface area contributed by atoms with Gasteiger partial charge in [0, 0.05) is 36.1 Å². The molecule has 1 saturated heterocycles. The molecule has 104 valence electrons. The summed E-state index contributed by atoms with van der Waals surface area (Å²) in [5.74, 6) is 2.49. The second-order valence-corrected chi connectivity index (χ2v) is 6.07. The summed E-state index contributed by atoms with van der Waals surface area (Å²) in [7, 11) is 2.10. The number of carbonyl (C=O) groups excluding carboxylic acids is 1. The molecule has 1 fully saturated rings. The predicted molar refractivity (Wildman–Crippen MR) is 82.5 cm³/mol. The first-order chi connectivity index (χ1) is 9.15. The normalized spacial score (nSPS) is 18.7. The van der Waals surface area contributed by atoms with Crippen LogP contribution in [0.2, 0.25) is 0 Å². The molecule has 1 amide bonds. The van der Waals surface area contributed by atoms with E-state index in [2.05, 4.69) is 17.3 Å². The molecule has 1 aliphatic heterocycles. The highest BCUT2D eigenvalue weighted by molar-refractivity contribution is 7.99. The van der Waals surface area contributed by atoms with Gasteiger partial charge < -0.3 is 16.0 Å². The number of rotatable bonds is 5. The van der Waals surface area contributed by atoms with Crippen LogP contribution < -0.4 is 11.1 Å². The van der Waals surface area contributed by atoms with Gasteiger partial charge in [0.05, 0.1) is 0 Å². The van der Waals surface area contributed by atoms with E-state index in [4.69, 9.17) is 5.73 Å². The van der Waals surface area contributed by atoms with Crippen LogP contribution >= 0.6 is 11.8 Å². The Bertz CT molecular complexity index is 415. The fourth-order valence-electron chi connectivity index (χ4n) is 2.12. The largest absolute Gasteiger partial charge is 0.399 e. The fourth-order valence-corrected chi connectivity index (χ4v) is 3.42. The topological polar surface area (TPSA) is 58.4 Å². The standard InChI is InChI=1S/C14H21N3OS/c1-17(13-7-9-19-10-13)8-6-14(18)16-12-4-2-11(15)3-5-12/h2-5,13H,6-10,15H2,1H3,(H,16,18). The predicted octanol–water partition coefficient (Wildman–Crippen LogP) is 2.03. The zero-order chi connectivity index (χ0) is 13.7. The number of carbonyl (C=O) groups is 1. The van der Waals surface area contributed by atoms with Crippen molar-refractivity contribution < 1.29 is 4.79 Å². The molecule has 1 heterocycles. The highest BCUT2D eigenvalue weighted by Gasteiger charge is 2.20.